The van der Waals surface area contributed by atoms with Crippen molar-refractivity contribution in [3.8, 4) is 0 Å². The van der Waals surface area contributed by atoms with E-state index in [-0.39, 0.29) is 24.1 Å². The minimum Gasteiger partial charge on any atom is -0.409 e. The smallest absolute Gasteiger partial charge is 0.214 e. The SMILES string of the molecule is NC(CCNS(=O)(=O)C1CC1)=NO. The van der Waals surface area contributed by atoms with Crippen LogP contribution < -0.4 is 10.5 Å². The molecule has 13 heavy (non-hydrogen) atoms. The molecule has 6 nitrogen and oxygen atoms in total. The normalized spacial score (nSPS) is 18.9. The first-order valence-electron chi connectivity index (χ1n) is 4.01. The van der Waals surface area contributed by atoms with Crippen molar-refractivity contribution in [2.75, 3.05) is 6.54 Å². The predicted molar refractivity (Wildman–Crippen MR) is 48.0 cm³/mol. The Kier molecular flexibility index (Phi) is 3.10. The molecule has 1 aliphatic rings. The van der Waals surface area contributed by atoms with Crippen molar-refractivity contribution in [1.82, 2.24) is 4.72 Å². The van der Waals surface area contributed by atoms with Gasteiger partial charge in [-0.25, -0.2) is 13.1 Å². The van der Waals surface area contributed by atoms with Crippen molar-refractivity contribution in [1.29, 1.82) is 0 Å². The molecular formula is C6H13N3O3S. The van der Waals surface area contributed by atoms with E-state index >= 15 is 0 Å². The fourth-order valence-electron chi connectivity index (χ4n) is 0.868. The molecule has 4 N–H and O–H groups in total. The van der Waals surface area contributed by atoms with Gasteiger partial charge in [0.05, 0.1) is 5.25 Å². The summed E-state index contributed by atoms with van der Waals surface area (Å²) < 4.78 is 24.8. The number of oxime groups is 1. The first-order valence-corrected chi connectivity index (χ1v) is 5.56. The van der Waals surface area contributed by atoms with Crippen LogP contribution in [0, 0.1) is 0 Å². The summed E-state index contributed by atoms with van der Waals surface area (Å²) in [6.45, 7) is 0.189. The predicted octanol–water partition coefficient (Wildman–Crippen LogP) is -0.795. The molecule has 0 unspecified atom stereocenters. The first-order chi connectivity index (χ1) is 6.06. The molecule has 0 radical (unpaired) electrons. The number of nitrogens with zero attached hydrogens (tertiary/aromatic N) is 1. The molecule has 0 amide bonds. The van der Waals surface area contributed by atoms with E-state index in [0.717, 1.165) is 12.8 Å². The van der Waals surface area contributed by atoms with Crippen LogP contribution in [-0.2, 0) is 10.0 Å². The van der Waals surface area contributed by atoms with Gasteiger partial charge in [0, 0.05) is 13.0 Å². The summed E-state index contributed by atoms with van der Waals surface area (Å²) >= 11 is 0. The van der Waals surface area contributed by atoms with Crippen LogP contribution in [0.5, 0.6) is 0 Å². The van der Waals surface area contributed by atoms with Crippen LogP contribution in [0.2, 0.25) is 0 Å². The average Bonchev–Trinajstić information content (AvgIpc) is 2.85. The van der Waals surface area contributed by atoms with E-state index < -0.39 is 10.0 Å². The lowest BCUT2D eigenvalue weighted by molar-refractivity contribution is 0.317. The molecule has 0 bridgehead atoms. The Morgan fingerprint density at radius 1 is 1.62 bits per heavy atom. The molecule has 0 heterocycles. The van der Waals surface area contributed by atoms with Gasteiger partial charge in [-0.3, -0.25) is 0 Å². The number of hydrogen-bond donors (Lipinski definition) is 3. The lowest BCUT2D eigenvalue weighted by atomic mass is 10.4. The van der Waals surface area contributed by atoms with E-state index in [1.807, 2.05) is 0 Å². The van der Waals surface area contributed by atoms with Crippen LogP contribution in [-0.4, -0.2) is 31.3 Å². The Morgan fingerprint density at radius 2 is 2.23 bits per heavy atom. The topological polar surface area (TPSA) is 105 Å². The van der Waals surface area contributed by atoms with Crippen LogP contribution in [0.1, 0.15) is 19.3 Å². The summed E-state index contributed by atoms with van der Waals surface area (Å²) in [4.78, 5) is 0. The molecule has 0 aromatic heterocycles. The zero-order chi connectivity index (χ0) is 9.90. The summed E-state index contributed by atoms with van der Waals surface area (Å²) in [5.41, 5.74) is 5.16. The highest BCUT2D eigenvalue weighted by Crippen LogP contribution is 2.27. The van der Waals surface area contributed by atoms with Gasteiger partial charge >= 0.3 is 0 Å². The summed E-state index contributed by atoms with van der Waals surface area (Å²) in [6.07, 6.45) is 1.69. The maximum atomic E-state index is 11.2. The fourth-order valence-corrected chi connectivity index (χ4v) is 2.25. The second-order valence-electron chi connectivity index (χ2n) is 2.98. The monoisotopic (exact) mass is 207 g/mol. The van der Waals surface area contributed by atoms with Crippen molar-refractivity contribution in [3.63, 3.8) is 0 Å². The molecule has 0 atom stereocenters. The van der Waals surface area contributed by atoms with Gasteiger partial charge in [0.25, 0.3) is 0 Å². The lowest BCUT2D eigenvalue weighted by Gasteiger charge is -2.03. The standard InChI is InChI=1S/C6H13N3O3S/c7-6(9-10)3-4-8-13(11,12)5-1-2-5/h5,8,10H,1-4H2,(H2,7,9). The molecule has 0 aliphatic heterocycles. The molecule has 1 rings (SSSR count). The van der Waals surface area contributed by atoms with Crippen LogP contribution >= 0.6 is 0 Å². The van der Waals surface area contributed by atoms with E-state index in [2.05, 4.69) is 9.88 Å². The highest BCUT2D eigenvalue weighted by molar-refractivity contribution is 7.90. The van der Waals surface area contributed by atoms with Crippen molar-refractivity contribution in [2.45, 2.75) is 24.5 Å². The van der Waals surface area contributed by atoms with Gasteiger partial charge < -0.3 is 10.9 Å². The van der Waals surface area contributed by atoms with Crippen molar-refractivity contribution in [2.24, 2.45) is 10.9 Å². The molecule has 7 heteroatoms. The molecule has 0 saturated heterocycles. The van der Waals surface area contributed by atoms with Crippen molar-refractivity contribution >= 4 is 15.9 Å². The quantitative estimate of drug-likeness (QED) is 0.238. The van der Waals surface area contributed by atoms with Gasteiger partial charge in [-0.15, -0.1) is 0 Å². The number of hydrogen-bond acceptors (Lipinski definition) is 4. The minimum absolute atomic E-state index is 0.0264. The lowest BCUT2D eigenvalue weighted by Crippen LogP contribution is -2.30. The Morgan fingerprint density at radius 3 is 2.69 bits per heavy atom. The first kappa shape index (κ1) is 10.3. The van der Waals surface area contributed by atoms with E-state index in [9.17, 15) is 8.42 Å². The van der Waals surface area contributed by atoms with Gasteiger partial charge in [-0.1, -0.05) is 5.16 Å². The number of nitrogens with one attached hydrogen (secondary N) is 1. The van der Waals surface area contributed by atoms with Crippen LogP contribution in [0.4, 0.5) is 0 Å². The summed E-state index contributed by atoms with van der Waals surface area (Å²) in [6, 6.07) is 0. The van der Waals surface area contributed by atoms with Crippen molar-refractivity contribution in [3.05, 3.63) is 0 Å². The Bertz CT molecular complexity index is 294. The number of amidine groups is 1. The van der Waals surface area contributed by atoms with E-state index in [1.54, 1.807) is 0 Å². The maximum Gasteiger partial charge on any atom is 0.214 e. The van der Waals surface area contributed by atoms with Crippen LogP contribution in [0.15, 0.2) is 5.16 Å². The van der Waals surface area contributed by atoms with Gasteiger partial charge in [-0.05, 0) is 12.8 Å². The largest absolute Gasteiger partial charge is 0.409 e. The number of rotatable bonds is 5. The number of sulfonamides is 1. The third-order valence-corrected chi connectivity index (χ3v) is 3.73. The Hall–Kier alpha value is -0.820. The zero-order valence-electron chi connectivity index (χ0n) is 7.10. The summed E-state index contributed by atoms with van der Waals surface area (Å²) in [5, 5.41) is 10.7. The zero-order valence-corrected chi connectivity index (χ0v) is 7.92. The van der Waals surface area contributed by atoms with Crippen LogP contribution in [0.3, 0.4) is 0 Å². The molecule has 1 fully saturated rings. The fraction of sp³-hybridized carbons (Fsp3) is 0.833. The molecule has 0 spiro atoms. The van der Waals surface area contributed by atoms with Gasteiger partial charge in [0.1, 0.15) is 5.84 Å². The van der Waals surface area contributed by atoms with Crippen molar-refractivity contribution < 1.29 is 13.6 Å². The van der Waals surface area contributed by atoms with E-state index in [0.29, 0.717) is 0 Å². The maximum absolute atomic E-state index is 11.2. The molecule has 1 saturated carbocycles. The van der Waals surface area contributed by atoms with Crippen LogP contribution in [0.25, 0.3) is 0 Å². The third-order valence-electron chi connectivity index (χ3n) is 1.78. The molecule has 0 aromatic carbocycles. The highest BCUT2D eigenvalue weighted by atomic mass is 32.2. The molecule has 1 aliphatic carbocycles. The van der Waals surface area contributed by atoms with Gasteiger partial charge in [-0.2, -0.15) is 0 Å². The highest BCUT2D eigenvalue weighted by Gasteiger charge is 2.35. The molecule has 0 aromatic rings. The Balaban J connectivity index is 2.26. The van der Waals surface area contributed by atoms with Gasteiger partial charge in [0.15, 0.2) is 0 Å². The minimum atomic E-state index is -3.13. The summed E-state index contributed by atoms with van der Waals surface area (Å²) in [7, 11) is -3.13. The average molecular weight is 207 g/mol. The third kappa shape index (κ3) is 3.19. The summed E-state index contributed by atoms with van der Waals surface area (Å²) in [5.74, 6) is 0.0264. The second kappa shape index (κ2) is 3.93. The van der Waals surface area contributed by atoms with E-state index in [4.69, 9.17) is 10.9 Å². The Labute approximate surface area is 76.9 Å². The van der Waals surface area contributed by atoms with Gasteiger partial charge in [0.2, 0.25) is 10.0 Å². The second-order valence-corrected chi connectivity index (χ2v) is 5.03. The molecular weight excluding hydrogens is 194 g/mol. The van der Waals surface area contributed by atoms with E-state index in [1.165, 1.54) is 0 Å². The molecule has 76 valence electrons. The number of nitrogens with two attached hydrogens (primary N) is 1.